The molecule has 0 saturated carbocycles. The molecular formula is C18H21F2N5OS. The van der Waals surface area contributed by atoms with Gasteiger partial charge in [0, 0.05) is 32.4 Å². The van der Waals surface area contributed by atoms with Crippen LogP contribution in [0.25, 0.3) is 10.2 Å². The number of aryl methyl sites for hydroxylation is 1. The minimum Gasteiger partial charge on any atom is -0.302 e. The lowest BCUT2D eigenvalue weighted by Crippen LogP contribution is -2.39. The van der Waals surface area contributed by atoms with Crippen molar-refractivity contribution in [2.75, 3.05) is 31.1 Å². The zero-order valence-corrected chi connectivity index (χ0v) is 16.3. The van der Waals surface area contributed by atoms with Gasteiger partial charge in [-0.25, -0.2) is 13.8 Å². The van der Waals surface area contributed by atoms with Crippen LogP contribution in [0.3, 0.4) is 0 Å². The van der Waals surface area contributed by atoms with Crippen molar-refractivity contribution in [1.29, 1.82) is 0 Å². The summed E-state index contributed by atoms with van der Waals surface area (Å²) in [5.74, 6) is -1.72. The number of hydrogen-bond acceptors (Lipinski definition) is 5. The Hall–Kier alpha value is -2.39. The van der Waals surface area contributed by atoms with Gasteiger partial charge in [0.25, 0.3) is 5.91 Å². The number of nitrogens with zero attached hydrogens (tertiary/aromatic N) is 5. The zero-order valence-electron chi connectivity index (χ0n) is 15.4. The maximum Gasteiger partial charge on any atom is 0.280 e. The van der Waals surface area contributed by atoms with Gasteiger partial charge < -0.3 is 4.90 Å². The van der Waals surface area contributed by atoms with E-state index in [1.54, 1.807) is 24.0 Å². The third-order valence-electron chi connectivity index (χ3n) is 4.34. The van der Waals surface area contributed by atoms with Crippen LogP contribution in [0.2, 0.25) is 0 Å². The van der Waals surface area contributed by atoms with Crippen LogP contribution in [0, 0.1) is 11.6 Å². The average Bonchev–Trinajstić information content (AvgIpc) is 3.25. The van der Waals surface area contributed by atoms with E-state index in [2.05, 4.69) is 15.0 Å². The van der Waals surface area contributed by atoms with E-state index in [0.717, 1.165) is 30.5 Å². The highest BCUT2D eigenvalue weighted by Crippen LogP contribution is 2.31. The normalized spacial score (nSPS) is 11.5. The molecule has 0 N–H and O–H groups in total. The van der Waals surface area contributed by atoms with Crippen LogP contribution in [0.15, 0.2) is 24.4 Å². The Morgan fingerprint density at radius 1 is 1.22 bits per heavy atom. The summed E-state index contributed by atoms with van der Waals surface area (Å²) in [4.78, 5) is 20.9. The van der Waals surface area contributed by atoms with Crippen molar-refractivity contribution in [3.63, 3.8) is 0 Å². The summed E-state index contributed by atoms with van der Waals surface area (Å²) in [6.45, 7) is 6.80. The van der Waals surface area contributed by atoms with E-state index in [0.29, 0.717) is 22.9 Å². The number of likely N-dealkylation sites (N-methyl/N-ethyl adjacent to an activating group) is 1. The minimum absolute atomic E-state index is 0.0676. The largest absolute Gasteiger partial charge is 0.302 e. The monoisotopic (exact) mass is 393 g/mol. The maximum atomic E-state index is 14.1. The smallest absolute Gasteiger partial charge is 0.280 e. The van der Waals surface area contributed by atoms with E-state index in [1.165, 1.54) is 11.0 Å². The lowest BCUT2D eigenvalue weighted by molar-refractivity contribution is 0.0978. The van der Waals surface area contributed by atoms with Gasteiger partial charge in [0.2, 0.25) is 0 Å². The second-order valence-corrected chi connectivity index (χ2v) is 7.10. The number of rotatable bonds is 7. The third kappa shape index (κ3) is 4.14. The van der Waals surface area contributed by atoms with E-state index in [9.17, 15) is 13.6 Å². The van der Waals surface area contributed by atoms with Gasteiger partial charge in [-0.05, 0) is 25.2 Å². The zero-order chi connectivity index (χ0) is 19.6. The van der Waals surface area contributed by atoms with Gasteiger partial charge >= 0.3 is 0 Å². The lowest BCUT2D eigenvalue weighted by atomic mass is 10.3. The van der Waals surface area contributed by atoms with Crippen LogP contribution in [0.4, 0.5) is 13.9 Å². The minimum atomic E-state index is -0.735. The summed E-state index contributed by atoms with van der Waals surface area (Å²) in [6.07, 6.45) is 1.68. The standard InChI is InChI=1S/C18H21F2N5OS/c1-4-24(5-2)8-9-25(17(26)14-6-7-23(3)22-14)18-21-16-13(20)10-12(19)11-15(16)27-18/h6-7,10-11H,4-5,8-9H2,1-3H3. The van der Waals surface area contributed by atoms with Crippen molar-refractivity contribution in [3.05, 3.63) is 41.7 Å². The van der Waals surface area contributed by atoms with Gasteiger partial charge in [0.15, 0.2) is 16.6 Å². The van der Waals surface area contributed by atoms with Crippen LogP contribution < -0.4 is 4.90 Å². The molecule has 0 aliphatic rings. The van der Waals surface area contributed by atoms with Crippen molar-refractivity contribution >= 4 is 32.6 Å². The van der Waals surface area contributed by atoms with Gasteiger partial charge in [-0.1, -0.05) is 25.2 Å². The lowest BCUT2D eigenvalue weighted by Gasteiger charge is -2.24. The molecule has 9 heteroatoms. The Morgan fingerprint density at radius 3 is 2.59 bits per heavy atom. The molecule has 0 unspecified atom stereocenters. The number of aromatic nitrogens is 3. The molecule has 0 fully saturated rings. The summed E-state index contributed by atoms with van der Waals surface area (Å²) in [5, 5.41) is 4.50. The number of fused-ring (bicyclic) bond motifs is 1. The quantitative estimate of drug-likeness (QED) is 0.618. The fourth-order valence-corrected chi connectivity index (χ4v) is 3.82. The summed E-state index contributed by atoms with van der Waals surface area (Å²) in [6, 6.07) is 3.65. The van der Waals surface area contributed by atoms with Gasteiger partial charge in [-0.3, -0.25) is 14.4 Å². The highest BCUT2D eigenvalue weighted by atomic mass is 32.1. The van der Waals surface area contributed by atoms with Crippen LogP contribution in [-0.4, -0.2) is 51.8 Å². The molecule has 0 radical (unpaired) electrons. The molecule has 1 amide bonds. The fourth-order valence-electron chi connectivity index (χ4n) is 2.79. The molecule has 3 aromatic rings. The van der Waals surface area contributed by atoms with E-state index in [4.69, 9.17) is 0 Å². The first-order valence-electron chi connectivity index (χ1n) is 8.72. The Kier molecular flexibility index (Phi) is 5.81. The van der Waals surface area contributed by atoms with Gasteiger partial charge in [-0.2, -0.15) is 5.10 Å². The molecule has 1 aromatic carbocycles. The highest BCUT2D eigenvalue weighted by Gasteiger charge is 2.24. The summed E-state index contributed by atoms with van der Waals surface area (Å²) in [5.41, 5.74) is 0.348. The number of amides is 1. The van der Waals surface area contributed by atoms with E-state index >= 15 is 0 Å². The molecule has 0 aliphatic carbocycles. The first-order valence-corrected chi connectivity index (χ1v) is 9.54. The number of thiazole rings is 1. The number of anilines is 1. The summed E-state index contributed by atoms with van der Waals surface area (Å²) >= 11 is 1.09. The molecule has 2 aromatic heterocycles. The van der Waals surface area contributed by atoms with E-state index < -0.39 is 11.6 Å². The number of carbonyl (C=O) groups excluding carboxylic acids is 1. The Bertz CT molecular complexity index is 951. The second-order valence-electron chi connectivity index (χ2n) is 6.09. The molecule has 0 spiro atoms. The van der Waals surface area contributed by atoms with E-state index in [-0.39, 0.29) is 17.1 Å². The average molecular weight is 393 g/mol. The first-order chi connectivity index (χ1) is 12.9. The van der Waals surface area contributed by atoms with Crippen LogP contribution in [0.5, 0.6) is 0 Å². The molecule has 6 nitrogen and oxygen atoms in total. The molecule has 0 atom stereocenters. The summed E-state index contributed by atoms with van der Waals surface area (Å²) in [7, 11) is 1.73. The van der Waals surface area contributed by atoms with Crippen molar-refractivity contribution in [2.45, 2.75) is 13.8 Å². The molecule has 27 heavy (non-hydrogen) atoms. The van der Waals surface area contributed by atoms with Gasteiger partial charge in [0.1, 0.15) is 11.3 Å². The Morgan fingerprint density at radius 2 is 1.96 bits per heavy atom. The number of halogens is 2. The molecule has 0 aliphatic heterocycles. The van der Waals surface area contributed by atoms with Crippen LogP contribution in [-0.2, 0) is 7.05 Å². The molecule has 2 heterocycles. The van der Waals surface area contributed by atoms with E-state index in [1.807, 2.05) is 13.8 Å². The predicted octanol–water partition coefficient (Wildman–Crippen LogP) is 3.30. The SMILES string of the molecule is CCN(CC)CCN(C(=O)c1ccn(C)n1)c1nc2c(F)cc(F)cc2s1. The molecule has 3 rings (SSSR count). The number of benzene rings is 1. The van der Waals surface area contributed by atoms with Crippen molar-refractivity contribution in [2.24, 2.45) is 7.05 Å². The van der Waals surface area contributed by atoms with Gasteiger partial charge in [0.05, 0.1) is 4.70 Å². The second kappa shape index (κ2) is 8.10. The molecule has 0 bridgehead atoms. The molecule has 144 valence electrons. The first kappa shape index (κ1) is 19.4. The Labute approximate surface area is 160 Å². The van der Waals surface area contributed by atoms with Crippen LogP contribution >= 0.6 is 11.3 Å². The van der Waals surface area contributed by atoms with Crippen LogP contribution in [0.1, 0.15) is 24.3 Å². The molecular weight excluding hydrogens is 372 g/mol. The number of hydrogen-bond donors (Lipinski definition) is 0. The highest BCUT2D eigenvalue weighted by molar-refractivity contribution is 7.22. The van der Waals surface area contributed by atoms with Crippen molar-refractivity contribution in [1.82, 2.24) is 19.7 Å². The Balaban J connectivity index is 1.98. The van der Waals surface area contributed by atoms with Crippen molar-refractivity contribution < 1.29 is 13.6 Å². The number of carbonyl (C=O) groups is 1. The van der Waals surface area contributed by atoms with Gasteiger partial charge in [-0.15, -0.1) is 0 Å². The predicted molar refractivity (Wildman–Crippen MR) is 102 cm³/mol. The summed E-state index contributed by atoms with van der Waals surface area (Å²) < 4.78 is 29.5. The third-order valence-corrected chi connectivity index (χ3v) is 5.37. The van der Waals surface area contributed by atoms with Crippen molar-refractivity contribution in [3.8, 4) is 0 Å². The fraction of sp³-hybridized carbons (Fsp3) is 0.389. The molecule has 0 saturated heterocycles. The topological polar surface area (TPSA) is 54.3 Å². The maximum absolute atomic E-state index is 14.1.